The first-order valence-corrected chi connectivity index (χ1v) is 9.49. The molecule has 7 nitrogen and oxygen atoms in total. The van der Waals surface area contributed by atoms with Gasteiger partial charge in [0, 0.05) is 38.3 Å². The normalized spacial score (nSPS) is 18.5. The Kier molecular flexibility index (Phi) is 5.20. The van der Waals surface area contributed by atoms with Crippen LogP contribution >= 0.6 is 0 Å². The number of carbonyl (C=O) groups excluding carboxylic acids is 2. The lowest BCUT2D eigenvalue weighted by Gasteiger charge is -2.35. The fourth-order valence-corrected chi connectivity index (χ4v) is 3.70. The number of piperidine rings is 1. The predicted molar refractivity (Wildman–Crippen MR) is 99.6 cm³/mol. The smallest absolute Gasteiger partial charge is 0.274 e. The summed E-state index contributed by atoms with van der Waals surface area (Å²) in [5.74, 6) is 0.148. The lowest BCUT2D eigenvalue weighted by atomic mass is 9.95. The summed E-state index contributed by atoms with van der Waals surface area (Å²) >= 11 is 0. The van der Waals surface area contributed by atoms with Crippen molar-refractivity contribution in [2.45, 2.75) is 12.8 Å². The molecule has 0 N–H and O–H groups in total. The molecule has 0 saturated carbocycles. The van der Waals surface area contributed by atoms with Gasteiger partial charge in [0.1, 0.15) is 0 Å². The number of benzene rings is 1. The van der Waals surface area contributed by atoms with Crippen LogP contribution in [0.5, 0.6) is 0 Å². The number of carbonyl (C=O) groups is 2. The van der Waals surface area contributed by atoms with Crippen molar-refractivity contribution in [1.29, 1.82) is 0 Å². The van der Waals surface area contributed by atoms with Crippen molar-refractivity contribution in [3.05, 3.63) is 48.3 Å². The topological polar surface area (TPSA) is 67.7 Å². The van der Waals surface area contributed by atoms with Crippen LogP contribution in [0.3, 0.4) is 0 Å². The number of nitrogens with zero attached hydrogens (tertiary/aromatic N) is 4. The molecule has 0 spiro atoms. The van der Waals surface area contributed by atoms with Crippen LogP contribution < -0.4 is 0 Å². The second-order valence-electron chi connectivity index (χ2n) is 6.99. The van der Waals surface area contributed by atoms with E-state index < -0.39 is 0 Å². The van der Waals surface area contributed by atoms with E-state index in [1.807, 2.05) is 35.2 Å². The van der Waals surface area contributed by atoms with Crippen LogP contribution in [0.1, 0.15) is 23.3 Å². The molecule has 2 amide bonds. The SMILES string of the molecule is O=C(c1ccn(-c2ccccc2)n1)N1CCC(C(=O)N2CCOCC2)CC1. The third kappa shape index (κ3) is 3.88. The van der Waals surface area contributed by atoms with E-state index in [0.29, 0.717) is 57.9 Å². The Morgan fingerprint density at radius 2 is 1.63 bits per heavy atom. The lowest BCUT2D eigenvalue weighted by molar-refractivity contribution is -0.141. The minimum atomic E-state index is -0.0676. The van der Waals surface area contributed by atoms with E-state index in [1.54, 1.807) is 21.8 Å². The van der Waals surface area contributed by atoms with E-state index in [9.17, 15) is 9.59 Å². The molecule has 2 aromatic rings. The number of amides is 2. The van der Waals surface area contributed by atoms with E-state index in [-0.39, 0.29) is 17.7 Å². The molecule has 1 aromatic heterocycles. The summed E-state index contributed by atoms with van der Waals surface area (Å²) in [6.45, 7) is 3.78. The molecule has 0 bridgehead atoms. The van der Waals surface area contributed by atoms with Gasteiger partial charge in [-0.15, -0.1) is 0 Å². The van der Waals surface area contributed by atoms with Gasteiger partial charge in [0.2, 0.25) is 5.91 Å². The second kappa shape index (κ2) is 7.92. The quantitative estimate of drug-likeness (QED) is 0.825. The average Bonchev–Trinajstić information content (AvgIpc) is 3.24. The van der Waals surface area contributed by atoms with E-state index in [4.69, 9.17) is 4.74 Å². The zero-order valence-electron chi connectivity index (χ0n) is 15.3. The third-order valence-corrected chi connectivity index (χ3v) is 5.28. The van der Waals surface area contributed by atoms with Crippen LogP contribution in [0.2, 0.25) is 0 Å². The van der Waals surface area contributed by atoms with Gasteiger partial charge < -0.3 is 14.5 Å². The summed E-state index contributed by atoms with van der Waals surface area (Å²) in [5, 5.41) is 4.42. The summed E-state index contributed by atoms with van der Waals surface area (Å²) in [7, 11) is 0. The van der Waals surface area contributed by atoms with Crippen molar-refractivity contribution >= 4 is 11.8 Å². The van der Waals surface area contributed by atoms with Crippen LogP contribution in [0, 0.1) is 5.92 Å². The van der Waals surface area contributed by atoms with Crippen molar-refractivity contribution < 1.29 is 14.3 Å². The average molecular weight is 368 g/mol. The summed E-state index contributed by atoms with van der Waals surface area (Å²) in [4.78, 5) is 29.1. The van der Waals surface area contributed by atoms with Crippen molar-refractivity contribution in [2.75, 3.05) is 39.4 Å². The number of morpholine rings is 1. The zero-order valence-corrected chi connectivity index (χ0v) is 15.3. The van der Waals surface area contributed by atoms with Crippen LogP contribution in [0.4, 0.5) is 0 Å². The van der Waals surface area contributed by atoms with Gasteiger partial charge in [-0.3, -0.25) is 9.59 Å². The number of aromatic nitrogens is 2. The van der Waals surface area contributed by atoms with Gasteiger partial charge in [-0.05, 0) is 31.0 Å². The van der Waals surface area contributed by atoms with Gasteiger partial charge in [0.25, 0.3) is 5.91 Å². The first-order valence-electron chi connectivity index (χ1n) is 9.49. The van der Waals surface area contributed by atoms with Crippen molar-refractivity contribution in [1.82, 2.24) is 19.6 Å². The molecule has 0 radical (unpaired) electrons. The molecule has 4 rings (SSSR count). The highest BCUT2D eigenvalue weighted by atomic mass is 16.5. The van der Waals surface area contributed by atoms with Gasteiger partial charge in [-0.25, -0.2) is 4.68 Å². The fraction of sp³-hybridized carbons (Fsp3) is 0.450. The van der Waals surface area contributed by atoms with E-state index in [2.05, 4.69) is 5.10 Å². The second-order valence-corrected chi connectivity index (χ2v) is 6.99. The molecule has 2 aliphatic rings. The number of ether oxygens (including phenoxy) is 1. The first kappa shape index (κ1) is 17.7. The molecule has 0 aliphatic carbocycles. The maximum absolute atomic E-state index is 12.8. The molecule has 27 heavy (non-hydrogen) atoms. The summed E-state index contributed by atoms with van der Waals surface area (Å²) in [6.07, 6.45) is 3.22. The molecular formula is C20H24N4O3. The van der Waals surface area contributed by atoms with Crippen molar-refractivity contribution in [3.8, 4) is 5.69 Å². The van der Waals surface area contributed by atoms with Crippen LogP contribution in [-0.2, 0) is 9.53 Å². The van der Waals surface area contributed by atoms with Crippen molar-refractivity contribution in [3.63, 3.8) is 0 Å². The summed E-state index contributed by atoms with van der Waals surface area (Å²) < 4.78 is 7.02. The molecule has 1 aromatic carbocycles. The Labute approximate surface area is 158 Å². The third-order valence-electron chi connectivity index (χ3n) is 5.28. The van der Waals surface area contributed by atoms with Crippen LogP contribution in [0.25, 0.3) is 5.69 Å². The molecule has 0 unspecified atom stereocenters. The summed E-state index contributed by atoms with van der Waals surface area (Å²) in [6, 6.07) is 11.5. The molecule has 2 fully saturated rings. The predicted octanol–water partition coefficient (Wildman–Crippen LogP) is 1.58. The number of para-hydroxylation sites is 1. The fourth-order valence-electron chi connectivity index (χ4n) is 3.70. The number of hydrogen-bond donors (Lipinski definition) is 0. The van der Waals surface area contributed by atoms with Crippen LogP contribution in [0.15, 0.2) is 42.6 Å². The maximum Gasteiger partial charge on any atom is 0.274 e. The monoisotopic (exact) mass is 368 g/mol. The minimum Gasteiger partial charge on any atom is -0.378 e. The van der Waals surface area contributed by atoms with E-state index in [0.717, 1.165) is 5.69 Å². The first-order chi connectivity index (χ1) is 13.2. The molecule has 2 aliphatic heterocycles. The number of hydrogen-bond acceptors (Lipinski definition) is 4. The van der Waals surface area contributed by atoms with Gasteiger partial charge in [-0.2, -0.15) is 5.10 Å². The molecule has 3 heterocycles. The summed E-state index contributed by atoms with van der Waals surface area (Å²) in [5.41, 5.74) is 1.36. The van der Waals surface area contributed by atoms with Crippen molar-refractivity contribution in [2.24, 2.45) is 5.92 Å². The van der Waals surface area contributed by atoms with Gasteiger partial charge in [0.05, 0.1) is 18.9 Å². The molecule has 142 valence electrons. The zero-order chi connectivity index (χ0) is 18.6. The Hall–Kier alpha value is -2.67. The molecule has 2 saturated heterocycles. The molecular weight excluding hydrogens is 344 g/mol. The highest BCUT2D eigenvalue weighted by molar-refractivity contribution is 5.92. The van der Waals surface area contributed by atoms with Gasteiger partial charge in [-0.1, -0.05) is 18.2 Å². The van der Waals surface area contributed by atoms with E-state index >= 15 is 0 Å². The number of rotatable bonds is 3. The Morgan fingerprint density at radius 3 is 2.33 bits per heavy atom. The van der Waals surface area contributed by atoms with Gasteiger partial charge >= 0.3 is 0 Å². The minimum absolute atomic E-state index is 0.00836. The maximum atomic E-state index is 12.8. The van der Waals surface area contributed by atoms with E-state index in [1.165, 1.54) is 0 Å². The Bertz CT molecular complexity index is 791. The number of likely N-dealkylation sites (tertiary alicyclic amines) is 1. The lowest BCUT2D eigenvalue weighted by Crippen LogP contribution is -2.47. The molecule has 0 atom stereocenters. The standard InChI is InChI=1S/C20H24N4O3/c25-19(23-12-14-27-15-13-23)16-6-9-22(10-7-16)20(26)18-8-11-24(21-18)17-4-2-1-3-5-17/h1-5,8,11,16H,6-7,9-10,12-15H2. The molecule has 7 heteroatoms. The largest absolute Gasteiger partial charge is 0.378 e. The van der Waals surface area contributed by atoms with Gasteiger partial charge in [0.15, 0.2) is 5.69 Å². The Balaban J connectivity index is 1.35. The van der Waals surface area contributed by atoms with Crippen LogP contribution in [-0.4, -0.2) is 70.8 Å². The highest BCUT2D eigenvalue weighted by Crippen LogP contribution is 2.21. The highest BCUT2D eigenvalue weighted by Gasteiger charge is 2.31. The Morgan fingerprint density at radius 1 is 0.926 bits per heavy atom.